The van der Waals surface area contributed by atoms with E-state index in [-0.39, 0.29) is 24.5 Å². The van der Waals surface area contributed by atoms with Gasteiger partial charge in [0.2, 0.25) is 5.91 Å². The van der Waals surface area contributed by atoms with Crippen LogP contribution < -0.4 is 5.32 Å². The third-order valence-corrected chi connectivity index (χ3v) is 11.6. The number of hydrogen-bond acceptors (Lipinski definition) is 4. The van der Waals surface area contributed by atoms with Crippen molar-refractivity contribution in [3.8, 4) is 0 Å². The second-order valence-electron chi connectivity index (χ2n) is 17.4. The molecule has 340 valence electrons. The van der Waals surface area contributed by atoms with Crippen molar-refractivity contribution >= 4 is 17.8 Å². The molecule has 0 aromatic heterocycles. The molecule has 0 saturated heterocycles. The van der Waals surface area contributed by atoms with Gasteiger partial charge in [-0.25, -0.2) is 0 Å². The number of ether oxygens (including phenoxy) is 1. The molecule has 1 amide bonds. The van der Waals surface area contributed by atoms with Gasteiger partial charge in [0.1, 0.15) is 12.6 Å². The SMILES string of the molecule is CCCCCCC/C=C\C/C=C\CCCC(CCCCCCCC(=O)NCC(=O)O)OC(=O)CCCCCCCCCCCCCCCCCCCCCCCCC. The number of carboxylic acids is 1. The van der Waals surface area contributed by atoms with Crippen molar-refractivity contribution < 1.29 is 24.2 Å². The first-order chi connectivity index (χ1) is 28.5. The molecule has 0 bridgehead atoms. The molecule has 0 fully saturated rings. The van der Waals surface area contributed by atoms with Gasteiger partial charge in [0.25, 0.3) is 0 Å². The van der Waals surface area contributed by atoms with Crippen LogP contribution in [-0.2, 0) is 19.1 Å². The van der Waals surface area contributed by atoms with E-state index in [1.807, 2.05) is 0 Å². The van der Waals surface area contributed by atoms with Gasteiger partial charge in [-0.1, -0.05) is 224 Å². The fraction of sp³-hybridized carbons (Fsp3) is 0.865. The predicted octanol–water partition coefficient (Wildman–Crippen LogP) is 16.2. The maximum Gasteiger partial charge on any atom is 0.322 e. The Balaban J connectivity index is 4.04. The van der Waals surface area contributed by atoms with E-state index in [4.69, 9.17) is 9.84 Å². The summed E-state index contributed by atoms with van der Waals surface area (Å²) in [6.07, 6.45) is 59.0. The van der Waals surface area contributed by atoms with E-state index in [0.29, 0.717) is 12.8 Å². The fourth-order valence-corrected chi connectivity index (χ4v) is 7.85. The molecule has 0 aromatic rings. The smallest absolute Gasteiger partial charge is 0.322 e. The summed E-state index contributed by atoms with van der Waals surface area (Å²) in [5, 5.41) is 11.1. The van der Waals surface area contributed by atoms with Crippen LogP contribution in [0.25, 0.3) is 0 Å². The van der Waals surface area contributed by atoms with Gasteiger partial charge in [-0.2, -0.15) is 0 Å². The lowest BCUT2D eigenvalue weighted by atomic mass is 10.0. The molecule has 0 saturated carbocycles. The minimum Gasteiger partial charge on any atom is -0.480 e. The van der Waals surface area contributed by atoms with Crippen LogP contribution in [0.3, 0.4) is 0 Å². The highest BCUT2D eigenvalue weighted by atomic mass is 16.5. The van der Waals surface area contributed by atoms with Crippen molar-refractivity contribution in [2.45, 2.75) is 283 Å². The topological polar surface area (TPSA) is 92.7 Å². The van der Waals surface area contributed by atoms with E-state index in [1.165, 1.54) is 173 Å². The quantitative estimate of drug-likeness (QED) is 0.0363. The third-order valence-electron chi connectivity index (χ3n) is 11.6. The molecule has 2 N–H and O–H groups in total. The number of carboxylic acid groups (broad SMARTS) is 1. The number of aliphatic carboxylic acids is 1. The Morgan fingerprint density at radius 2 is 0.810 bits per heavy atom. The summed E-state index contributed by atoms with van der Waals surface area (Å²) < 4.78 is 6.04. The number of esters is 1. The van der Waals surface area contributed by atoms with Gasteiger partial charge in [0, 0.05) is 12.8 Å². The predicted molar refractivity (Wildman–Crippen MR) is 249 cm³/mol. The Labute approximate surface area is 360 Å². The third kappa shape index (κ3) is 46.6. The number of unbranched alkanes of at least 4 members (excludes halogenated alkanes) is 32. The Kier molecular flexibility index (Phi) is 45.8. The molecule has 1 unspecified atom stereocenters. The maximum absolute atomic E-state index is 12.8. The van der Waals surface area contributed by atoms with Gasteiger partial charge in [-0.05, 0) is 64.2 Å². The van der Waals surface area contributed by atoms with Gasteiger partial charge >= 0.3 is 11.9 Å². The number of hydrogen-bond donors (Lipinski definition) is 2. The van der Waals surface area contributed by atoms with Gasteiger partial charge in [0.05, 0.1) is 0 Å². The van der Waals surface area contributed by atoms with Crippen molar-refractivity contribution in [2.24, 2.45) is 0 Å². The summed E-state index contributed by atoms with van der Waals surface area (Å²) in [6.45, 7) is 4.24. The van der Waals surface area contributed by atoms with Crippen molar-refractivity contribution in [2.75, 3.05) is 6.54 Å². The molecule has 0 radical (unpaired) electrons. The molecule has 0 spiro atoms. The molecule has 6 heteroatoms. The van der Waals surface area contributed by atoms with Gasteiger partial charge in [-0.15, -0.1) is 0 Å². The molecular formula is C52H97NO5. The molecule has 1 atom stereocenters. The summed E-state index contributed by atoms with van der Waals surface area (Å²) in [4.78, 5) is 35.2. The van der Waals surface area contributed by atoms with Crippen LogP contribution in [0.15, 0.2) is 24.3 Å². The molecule has 0 aliphatic heterocycles. The first-order valence-electron chi connectivity index (χ1n) is 25.5. The summed E-state index contributed by atoms with van der Waals surface area (Å²) in [6, 6.07) is 0. The van der Waals surface area contributed by atoms with Crippen LogP contribution in [0, 0.1) is 0 Å². The molecule has 0 aliphatic rings. The highest BCUT2D eigenvalue weighted by Gasteiger charge is 2.14. The summed E-state index contributed by atoms with van der Waals surface area (Å²) in [5.41, 5.74) is 0. The minimum atomic E-state index is -1.02. The molecular weight excluding hydrogens is 719 g/mol. The van der Waals surface area contributed by atoms with E-state index in [9.17, 15) is 14.4 Å². The van der Waals surface area contributed by atoms with Crippen LogP contribution in [0.4, 0.5) is 0 Å². The average molecular weight is 816 g/mol. The zero-order chi connectivity index (χ0) is 42.3. The minimum absolute atomic E-state index is 0.0140. The number of carbonyl (C=O) groups excluding carboxylic acids is 2. The van der Waals surface area contributed by atoms with E-state index in [1.54, 1.807) is 0 Å². The number of amides is 1. The lowest BCUT2D eigenvalue weighted by Crippen LogP contribution is -2.28. The Morgan fingerprint density at radius 3 is 1.26 bits per heavy atom. The first-order valence-corrected chi connectivity index (χ1v) is 25.5. The van der Waals surface area contributed by atoms with Gasteiger partial charge < -0.3 is 15.2 Å². The van der Waals surface area contributed by atoms with Crippen LogP contribution in [-0.4, -0.2) is 35.6 Å². The fourth-order valence-electron chi connectivity index (χ4n) is 7.85. The average Bonchev–Trinajstić information content (AvgIpc) is 3.21. The number of carbonyl (C=O) groups is 3. The van der Waals surface area contributed by atoms with Crippen molar-refractivity contribution in [1.29, 1.82) is 0 Å². The summed E-state index contributed by atoms with van der Waals surface area (Å²) in [7, 11) is 0. The van der Waals surface area contributed by atoms with Crippen LogP contribution in [0.2, 0.25) is 0 Å². The van der Waals surface area contributed by atoms with Crippen molar-refractivity contribution in [1.82, 2.24) is 5.32 Å². The zero-order valence-corrected chi connectivity index (χ0v) is 38.7. The molecule has 0 aliphatic carbocycles. The van der Waals surface area contributed by atoms with Gasteiger partial charge in [-0.3, -0.25) is 14.4 Å². The van der Waals surface area contributed by atoms with Gasteiger partial charge in [0.15, 0.2) is 0 Å². The lowest BCUT2D eigenvalue weighted by Gasteiger charge is -2.18. The maximum atomic E-state index is 12.8. The molecule has 58 heavy (non-hydrogen) atoms. The highest BCUT2D eigenvalue weighted by molar-refractivity contribution is 5.80. The van der Waals surface area contributed by atoms with Crippen molar-refractivity contribution in [3.05, 3.63) is 24.3 Å². The number of nitrogens with one attached hydrogen (secondary N) is 1. The molecule has 6 nitrogen and oxygen atoms in total. The van der Waals surface area contributed by atoms with E-state index >= 15 is 0 Å². The van der Waals surface area contributed by atoms with Crippen LogP contribution >= 0.6 is 0 Å². The second-order valence-corrected chi connectivity index (χ2v) is 17.4. The van der Waals surface area contributed by atoms with Crippen LogP contribution in [0.1, 0.15) is 277 Å². The standard InChI is InChI=1S/C52H97NO5/c1-3-5-7-9-11-13-15-17-18-19-20-21-22-23-24-25-26-28-30-32-34-39-43-47-52(57)58-49(45-41-37-35-38-42-46-50(54)53-48-51(55)56)44-40-36-33-31-29-27-16-14-12-10-8-6-4-2/h16,27,31,33,49H,3-15,17-26,28-30,32,34-48H2,1-2H3,(H,53,54)(H,55,56)/b27-16-,33-31-. The molecule has 0 rings (SSSR count). The van der Waals surface area contributed by atoms with Crippen LogP contribution in [0.5, 0.6) is 0 Å². The number of allylic oxidation sites excluding steroid dienone is 4. The van der Waals surface area contributed by atoms with E-state index < -0.39 is 5.97 Å². The first kappa shape index (κ1) is 55.9. The zero-order valence-electron chi connectivity index (χ0n) is 38.7. The van der Waals surface area contributed by atoms with E-state index in [0.717, 1.165) is 77.0 Å². The number of rotatable bonds is 47. The summed E-state index contributed by atoms with van der Waals surface area (Å²) >= 11 is 0. The molecule has 0 heterocycles. The second kappa shape index (κ2) is 47.6. The lowest BCUT2D eigenvalue weighted by molar-refractivity contribution is -0.150. The largest absolute Gasteiger partial charge is 0.480 e. The highest BCUT2D eigenvalue weighted by Crippen LogP contribution is 2.19. The Hall–Kier alpha value is -2.11. The molecule has 0 aromatic carbocycles. The van der Waals surface area contributed by atoms with Crippen molar-refractivity contribution in [3.63, 3.8) is 0 Å². The monoisotopic (exact) mass is 816 g/mol. The van der Waals surface area contributed by atoms with E-state index in [2.05, 4.69) is 43.5 Å². The Morgan fingerprint density at radius 1 is 0.448 bits per heavy atom. The Bertz CT molecular complexity index is 946. The summed E-state index contributed by atoms with van der Waals surface area (Å²) in [5.74, 6) is -1.24. The normalized spacial score (nSPS) is 12.2.